The number of carbonyl (C=O) groups excluding carboxylic acids is 2. The van der Waals surface area contributed by atoms with Crippen LogP contribution >= 0.6 is 0 Å². The van der Waals surface area contributed by atoms with E-state index in [0.29, 0.717) is 32.1 Å². The molecule has 0 saturated carbocycles. The third-order valence-electron chi connectivity index (χ3n) is 3.95. The Bertz CT molecular complexity index is 501. The van der Waals surface area contributed by atoms with Crippen LogP contribution in [-0.2, 0) is 11.3 Å². The number of carbonyl (C=O) groups is 2. The van der Waals surface area contributed by atoms with E-state index in [1.54, 1.807) is 11.9 Å². The molecule has 1 heterocycles. The summed E-state index contributed by atoms with van der Waals surface area (Å²) < 4.78 is 0. The molecule has 1 aromatic carbocycles. The van der Waals surface area contributed by atoms with Crippen LogP contribution in [0.3, 0.4) is 0 Å². The Labute approximate surface area is 137 Å². The number of hydrogen-bond acceptors (Lipinski definition) is 3. The molecule has 1 unspecified atom stereocenters. The SMILES string of the molecule is CN(Cc1ccccc1)C(=O)NCCC(=O)NCC1CCCN1. The normalized spacial score (nSPS) is 16.8. The minimum Gasteiger partial charge on any atom is -0.354 e. The lowest BCUT2D eigenvalue weighted by atomic mass is 10.2. The van der Waals surface area contributed by atoms with Crippen molar-refractivity contribution < 1.29 is 9.59 Å². The zero-order valence-electron chi connectivity index (χ0n) is 13.7. The minimum absolute atomic E-state index is 0.0234. The highest BCUT2D eigenvalue weighted by Gasteiger charge is 2.14. The number of benzene rings is 1. The Balaban J connectivity index is 1.59. The molecule has 2 rings (SSSR count). The lowest BCUT2D eigenvalue weighted by molar-refractivity contribution is -0.121. The fourth-order valence-electron chi connectivity index (χ4n) is 2.60. The summed E-state index contributed by atoms with van der Waals surface area (Å²) in [5, 5.41) is 9.01. The first-order valence-corrected chi connectivity index (χ1v) is 8.18. The molecule has 0 bridgehead atoms. The first-order valence-electron chi connectivity index (χ1n) is 8.18. The minimum atomic E-state index is -0.167. The molecular formula is C17H26N4O2. The number of urea groups is 1. The highest BCUT2D eigenvalue weighted by Crippen LogP contribution is 2.03. The lowest BCUT2D eigenvalue weighted by Crippen LogP contribution is -2.40. The third kappa shape index (κ3) is 6.28. The van der Waals surface area contributed by atoms with E-state index < -0.39 is 0 Å². The first-order chi connectivity index (χ1) is 11.1. The maximum Gasteiger partial charge on any atom is 0.317 e. The van der Waals surface area contributed by atoms with Gasteiger partial charge in [-0.25, -0.2) is 4.79 Å². The van der Waals surface area contributed by atoms with E-state index in [1.807, 2.05) is 30.3 Å². The predicted molar refractivity (Wildman–Crippen MR) is 90.0 cm³/mol. The van der Waals surface area contributed by atoms with Crippen molar-refractivity contribution >= 4 is 11.9 Å². The van der Waals surface area contributed by atoms with Gasteiger partial charge in [0.2, 0.25) is 5.91 Å². The molecule has 0 aliphatic carbocycles. The molecule has 3 amide bonds. The van der Waals surface area contributed by atoms with Crippen LogP contribution in [0.15, 0.2) is 30.3 Å². The quantitative estimate of drug-likeness (QED) is 0.704. The van der Waals surface area contributed by atoms with E-state index >= 15 is 0 Å². The van der Waals surface area contributed by atoms with E-state index in [1.165, 1.54) is 6.42 Å². The molecule has 126 valence electrons. The van der Waals surface area contributed by atoms with E-state index in [4.69, 9.17) is 0 Å². The van der Waals surface area contributed by atoms with Crippen molar-refractivity contribution in [3.05, 3.63) is 35.9 Å². The summed E-state index contributed by atoms with van der Waals surface area (Å²) in [6, 6.07) is 10.0. The number of hydrogen-bond donors (Lipinski definition) is 3. The summed E-state index contributed by atoms with van der Waals surface area (Å²) in [6.45, 7) is 2.60. The van der Waals surface area contributed by atoms with Crippen LogP contribution in [0.1, 0.15) is 24.8 Å². The van der Waals surface area contributed by atoms with E-state index in [0.717, 1.165) is 18.5 Å². The van der Waals surface area contributed by atoms with Crippen molar-refractivity contribution in [1.29, 1.82) is 0 Å². The first kappa shape index (κ1) is 17.3. The molecule has 1 fully saturated rings. The van der Waals surface area contributed by atoms with Crippen molar-refractivity contribution in [3.63, 3.8) is 0 Å². The van der Waals surface area contributed by atoms with Crippen molar-refractivity contribution in [2.45, 2.75) is 31.8 Å². The van der Waals surface area contributed by atoms with Gasteiger partial charge in [-0.15, -0.1) is 0 Å². The van der Waals surface area contributed by atoms with Crippen LogP contribution in [-0.4, -0.2) is 49.6 Å². The highest BCUT2D eigenvalue weighted by molar-refractivity contribution is 5.78. The monoisotopic (exact) mass is 318 g/mol. The van der Waals surface area contributed by atoms with Gasteiger partial charge in [-0.1, -0.05) is 30.3 Å². The largest absolute Gasteiger partial charge is 0.354 e. The van der Waals surface area contributed by atoms with Crippen molar-refractivity contribution in [2.24, 2.45) is 0 Å². The summed E-state index contributed by atoms with van der Waals surface area (Å²) in [7, 11) is 1.74. The van der Waals surface area contributed by atoms with Crippen LogP contribution < -0.4 is 16.0 Å². The van der Waals surface area contributed by atoms with E-state index in [2.05, 4.69) is 16.0 Å². The molecule has 1 aliphatic heterocycles. The molecular weight excluding hydrogens is 292 g/mol. The third-order valence-corrected chi connectivity index (χ3v) is 3.95. The predicted octanol–water partition coefficient (Wildman–Crippen LogP) is 1.09. The van der Waals surface area contributed by atoms with Crippen LogP contribution in [0.5, 0.6) is 0 Å². The molecule has 23 heavy (non-hydrogen) atoms. The average molecular weight is 318 g/mol. The molecule has 6 heteroatoms. The molecule has 0 aromatic heterocycles. The number of nitrogens with zero attached hydrogens (tertiary/aromatic N) is 1. The van der Waals surface area contributed by atoms with Crippen molar-refractivity contribution in [3.8, 4) is 0 Å². The van der Waals surface area contributed by atoms with Gasteiger partial charge in [-0.3, -0.25) is 4.79 Å². The number of amides is 3. The summed E-state index contributed by atoms with van der Waals surface area (Å²) in [5.41, 5.74) is 1.08. The molecule has 1 atom stereocenters. The van der Waals surface area contributed by atoms with Crippen LogP contribution in [0.2, 0.25) is 0 Å². The van der Waals surface area contributed by atoms with Gasteiger partial charge in [0.05, 0.1) is 0 Å². The fraction of sp³-hybridized carbons (Fsp3) is 0.529. The van der Waals surface area contributed by atoms with E-state index in [-0.39, 0.29) is 11.9 Å². The van der Waals surface area contributed by atoms with Crippen LogP contribution in [0.25, 0.3) is 0 Å². The van der Waals surface area contributed by atoms with Crippen molar-refractivity contribution in [2.75, 3.05) is 26.7 Å². The average Bonchev–Trinajstić information content (AvgIpc) is 3.07. The highest BCUT2D eigenvalue weighted by atomic mass is 16.2. The smallest absolute Gasteiger partial charge is 0.317 e. The van der Waals surface area contributed by atoms with Gasteiger partial charge in [0.15, 0.2) is 0 Å². The summed E-state index contributed by atoms with van der Waals surface area (Å²) >= 11 is 0. The second-order valence-electron chi connectivity index (χ2n) is 5.92. The maximum absolute atomic E-state index is 12.0. The Morgan fingerprint density at radius 2 is 2.04 bits per heavy atom. The number of rotatable bonds is 7. The molecule has 1 saturated heterocycles. The van der Waals surface area contributed by atoms with Gasteiger partial charge >= 0.3 is 6.03 Å². The molecule has 3 N–H and O–H groups in total. The van der Waals surface area contributed by atoms with Gasteiger partial charge in [-0.2, -0.15) is 0 Å². The van der Waals surface area contributed by atoms with E-state index in [9.17, 15) is 9.59 Å². The second-order valence-corrected chi connectivity index (χ2v) is 5.92. The Morgan fingerprint density at radius 3 is 2.74 bits per heavy atom. The molecule has 6 nitrogen and oxygen atoms in total. The van der Waals surface area contributed by atoms with Crippen LogP contribution in [0, 0.1) is 0 Å². The Kier molecular flexibility index (Phi) is 6.87. The molecule has 1 aromatic rings. The standard InChI is InChI=1S/C17H26N4O2/c1-21(13-14-6-3-2-4-7-14)17(23)19-11-9-16(22)20-12-15-8-5-10-18-15/h2-4,6-7,15,18H,5,8-13H2,1H3,(H,19,23)(H,20,22). The zero-order chi connectivity index (χ0) is 16.5. The topological polar surface area (TPSA) is 73.5 Å². The van der Waals surface area contributed by atoms with Gasteiger partial charge in [0.1, 0.15) is 0 Å². The summed E-state index contributed by atoms with van der Waals surface area (Å²) in [5.74, 6) is -0.0234. The molecule has 1 aliphatic rings. The Hall–Kier alpha value is -2.08. The summed E-state index contributed by atoms with van der Waals surface area (Å²) in [4.78, 5) is 25.3. The van der Waals surface area contributed by atoms with Gasteiger partial charge in [0.25, 0.3) is 0 Å². The van der Waals surface area contributed by atoms with Gasteiger partial charge < -0.3 is 20.9 Å². The second kappa shape index (κ2) is 9.15. The maximum atomic E-state index is 12.0. The lowest BCUT2D eigenvalue weighted by Gasteiger charge is -2.18. The number of nitrogens with one attached hydrogen (secondary N) is 3. The van der Waals surface area contributed by atoms with Crippen LogP contribution in [0.4, 0.5) is 4.79 Å². The van der Waals surface area contributed by atoms with Gasteiger partial charge in [0, 0.05) is 39.1 Å². The van der Waals surface area contributed by atoms with Gasteiger partial charge in [-0.05, 0) is 24.9 Å². The molecule has 0 radical (unpaired) electrons. The fourth-order valence-corrected chi connectivity index (χ4v) is 2.60. The zero-order valence-corrected chi connectivity index (χ0v) is 13.7. The Morgan fingerprint density at radius 1 is 1.26 bits per heavy atom. The molecule has 0 spiro atoms. The van der Waals surface area contributed by atoms with Crippen molar-refractivity contribution in [1.82, 2.24) is 20.9 Å². The summed E-state index contributed by atoms with van der Waals surface area (Å²) in [6.07, 6.45) is 2.59.